The molecule has 0 unspecified atom stereocenters. The lowest BCUT2D eigenvalue weighted by Crippen LogP contribution is -2.37. The molecule has 1 amide bonds. The van der Waals surface area contributed by atoms with E-state index >= 15 is 0 Å². The fraction of sp³-hybridized carbons (Fsp3) is 0.526. The van der Waals surface area contributed by atoms with Gasteiger partial charge >= 0.3 is 0 Å². The molecule has 1 heterocycles. The van der Waals surface area contributed by atoms with Crippen LogP contribution in [0.1, 0.15) is 41.6 Å². The summed E-state index contributed by atoms with van der Waals surface area (Å²) >= 11 is 0. The van der Waals surface area contributed by atoms with Crippen molar-refractivity contribution in [1.29, 1.82) is 0 Å². The van der Waals surface area contributed by atoms with Crippen LogP contribution in [0.3, 0.4) is 0 Å². The Bertz CT molecular complexity index is 706. The van der Waals surface area contributed by atoms with Crippen LogP contribution in [0.4, 0.5) is 0 Å². The van der Waals surface area contributed by atoms with Gasteiger partial charge in [0.05, 0.1) is 6.54 Å². The van der Waals surface area contributed by atoms with E-state index in [0.29, 0.717) is 31.3 Å². The maximum atomic E-state index is 12.4. The van der Waals surface area contributed by atoms with Gasteiger partial charge in [0, 0.05) is 32.5 Å². The molecule has 1 aromatic carbocycles. The molecule has 0 atom stereocenters. The molecule has 0 saturated heterocycles. The van der Waals surface area contributed by atoms with Crippen molar-refractivity contribution in [3.63, 3.8) is 0 Å². The fourth-order valence-electron chi connectivity index (χ4n) is 2.67. The topological polar surface area (TPSA) is 62.5 Å². The SMILES string of the molecule is Cc1ccc(CN(C)CC(=O)N(C)CCc2noc(C3CC3)n2)cc1. The molecule has 25 heavy (non-hydrogen) atoms. The summed E-state index contributed by atoms with van der Waals surface area (Å²) < 4.78 is 5.25. The molecule has 1 saturated carbocycles. The number of nitrogens with zero attached hydrogens (tertiary/aromatic N) is 4. The third-order valence-electron chi connectivity index (χ3n) is 4.49. The van der Waals surface area contributed by atoms with Gasteiger partial charge < -0.3 is 9.42 Å². The summed E-state index contributed by atoms with van der Waals surface area (Å²) in [6.07, 6.45) is 2.92. The van der Waals surface area contributed by atoms with Gasteiger partial charge in [0.25, 0.3) is 0 Å². The van der Waals surface area contributed by atoms with Crippen LogP contribution in [-0.4, -0.2) is 53.0 Å². The summed E-state index contributed by atoms with van der Waals surface area (Å²) in [5.41, 5.74) is 2.46. The first-order valence-corrected chi connectivity index (χ1v) is 8.82. The van der Waals surface area contributed by atoms with E-state index in [9.17, 15) is 4.79 Å². The molecule has 3 rings (SSSR count). The van der Waals surface area contributed by atoms with Crippen molar-refractivity contribution >= 4 is 5.91 Å². The minimum absolute atomic E-state index is 0.0977. The van der Waals surface area contributed by atoms with Crippen molar-refractivity contribution in [2.75, 3.05) is 27.2 Å². The van der Waals surface area contributed by atoms with Crippen molar-refractivity contribution in [1.82, 2.24) is 19.9 Å². The lowest BCUT2D eigenvalue weighted by atomic mass is 10.1. The van der Waals surface area contributed by atoms with Crippen molar-refractivity contribution in [3.05, 3.63) is 47.1 Å². The van der Waals surface area contributed by atoms with Crippen molar-refractivity contribution in [3.8, 4) is 0 Å². The summed E-state index contributed by atoms with van der Waals surface area (Å²) in [5, 5.41) is 4.00. The maximum absolute atomic E-state index is 12.4. The zero-order chi connectivity index (χ0) is 17.8. The van der Waals surface area contributed by atoms with Crippen LogP contribution < -0.4 is 0 Å². The Morgan fingerprint density at radius 3 is 2.64 bits per heavy atom. The van der Waals surface area contributed by atoms with Gasteiger partial charge in [-0.25, -0.2) is 0 Å². The first-order valence-electron chi connectivity index (χ1n) is 8.82. The molecule has 6 heteroatoms. The van der Waals surface area contributed by atoms with Gasteiger partial charge in [-0.1, -0.05) is 35.0 Å². The van der Waals surface area contributed by atoms with E-state index in [1.54, 1.807) is 4.90 Å². The highest BCUT2D eigenvalue weighted by Gasteiger charge is 2.29. The molecule has 1 aromatic heterocycles. The predicted molar refractivity (Wildman–Crippen MR) is 95.1 cm³/mol. The number of aryl methyl sites for hydroxylation is 1. The quantitative estimate of drug-likeness (QED) is 0.737. The largest absolute Gasteiger partial charge is 0.344 e. The van der Waals surface area contributed by atoms with Crippen LogP contribution in [0.2, 0.25) is 0 Å². The second kappa shape index (κ2) is 7.78. The highest BCUT2D eigenvalue weighted by Crippen LogP contribution is 2.38. The number of hydrogen-bond donors (Lipinski definition) is 0. The van der Waals surface area contributed by atoms with Crippen LogP contribution in [-0.2, 0) is 17.8 Å². The summed E-state index contributed by atoms with van der Waals surface area (Å²) in [4.78, 5) is 20.5. The molecular formula is C19H26N4O2. The van der Waals surface area contributed by atoms with E-state index in [1.807, 2.05) is 19.0 Å². The first kappa shape index (κ1) is 17.6. The van der Waals surface area contributed by atoms with E-state index in [0.717, 1.165) is 25.3 Å². The Morgan fingerprint density at radius 2 is 1.96 bits per heavy atom. The molecule has 1 aliphatic carbocycles. The van der Waals surface area contributed by atoms with Gasteiger partial charge in [-0.15, -0.1) is 0 Å². The predicted octanol–water partition coefficient (Wildman–Crippen LogP) is 2.39. The Hall–Kier alpha value is -2.21. The first-order chi connectivity index (χ1) is 12.0. The molecule has 2 aromatic rings. The molecular weight excluding hydrogens is 316 g/mol. The average Bonchev–Trinajstić information content (AvgIpc) is 3.33. The van der Waals surface area contributed by atoms with Crippen molar-refractivity contribution < 1.29 is 9.32 Å². The Kier molecular flexibility index (Phi) is 5.48. The number of carbonyl (C=O) groups excluding carboxylic acids is 1. The van der Waals surface area contributed by atoms with Gasteiger partial charge in [0.15, 0.2) is 5.82 Å². The minimum atomic E-state index is 0.0977. The molecule has 0 spiro atoms. The monoisotopic (exact) mass is 342 g/mol. The number of aromatic nitrogens is 2. The van der Waals surface area contributed by atoms with Crippen LogP contribution >= 0.6 is 0 Å². The summed E-state index contributed by atoms with van der Waals surface area (Å²) in [6.45, 7) is 3.82. The normalized spacial score (nSPS) is 14.1. The van der Waals surface area contributed by atoms with Crippen LogP contribution in [0.15, 0.2) is 28.8 Å². The van der Waals surface area contributed by atoms with Gasteiger partial charge in [0.1, 0.15) is 0 Å². The van der Waals surface area contributed by atoms with Crippen molar-refractivity contribution in [2.24, 2.45) is 0 Å². The van der Waals surface area contributed by atoms with Gasteiger partial charge in [-0.3, -0.25) is 9.69 Å². The zero-order valence-electron chi connectivity index (χ0n) is 15.2. The van der Waals surface area contributed by atoms with E-state index < -0.39 is 0 Å². The standard InChI is InChI=1S/C19H26N4O2/c1-14-4-6-15(7-5-14)12-22(2)13-18(24)23(3)11-10-17-20-19(25-21-17)16-8-9-16/h4-7,16H,8-13H2,1-3H3. The lowest BCUT2D eigenvalue weighted by Gasteiger charge is -2.21. The molecule has 1 aliphatic rings. The van der Waals surface area contributed by atoms with Crippen LogP contribution in [0, 0.1) is 6.92 Å². The van der Waals surface area contributed by atoms with E-state index in [1.165, 1.54) is 11.1 Å². The highest BCUT2D eigenvalue weighted by molar-refractivity contribution is 5.77. The summed E-state index contributed by atoms with van der Waals surface area (Å²) in [6, 6.07) is 8.40. The molecule has 0 radical (unpaired) electrons. The Labute approximate surface area is 148 Å². The fourth-order valence-corrected chi connectivity index (χ4v) is 2.67. The van der Waals surface area contributed by atoms with Gasteiger partial charge in [-0.2, -0.15) is 4.98 Å². The molecule has 134 valence electrons. The van der Waals surface area contributed by atoms with E-state index in [4.69, 9.17) is 4.52 Å². The molecule has 0 bridgehead atoms. The highest BCUT2D eigenvalue weighted by atomic mass is 16.5. The second-order valence-corrected chi connectivity index (χ2v) is 7.05. The number of benzene rings is 1. The number of rotatable bonds is 8. The smallest absolute Gasteiger partial charge is 0.236 e. The average molecular weight is 342 g/mol. The molecule has 0 N–H and O–H groups in total. The molecule has 1 fully saturated rings. The van der Waals surface area contributed by atoms with E-state index in [-0.39, 0.29) is 5.91 Å². The maximum Gasteiger partial charge on any atom is 0.236 e. The molecule has 6 nitrogen and oxygen atoms in total. The number of amides is 1. The number of hydrogen-bond acceptors (Lipinski definition) is 5. The van der Waals surface area contributed by atoms with Crippen LogP contribution in [0.25, 0.3) is 0 Å². The summed E-state index contributed by atoms with van der Waals surface area (Å²) in [5.74, 6) is 2.01. The Balaban J connectivity index is 1.42. The van der Waals surface area contributed by atoms with E-state index in [2.05, 4.69) is 41.3 Å². The van der Waals surface area contributed by atoms with Gasteiger partial charge in [0.2, 0.25) is 11.8 Å². The van der Waals surface area contributed by atoms with Crippen molar-refractivity contribution in [2.45, 2.75) is 38.6 Å². The number of likely N-dealkylation sites (N-methyl/N-ethyl adjacent to an activating group) is 2. The zero-order valence-corrected chi connectivity index (χ0v) is 15.2. The Morgan fingerprint density at radius 1 is 1.24 bits per heavy atom. The van der Waals surface area contributed by atoms with Crippen LogP contribution in [0.5, 0.6) is 0 Å². The minimum Gasteiger partial charge on any atom is -0.344 e. The third-order valence-corrected chi connectivity index (χ3v) is 4.49. The summed E-state index contributed by atoms with van der Waals surface area (Å²) in [7, 11) is 3.79. The van der Waals surface area contributed by atoms with Gasteiger partial charge in [-0.05, 0) is 32.4 Å². The molecule has 0 aliphatic heterocycles. The number of carbonyl (C=O) groups is 1. The third kappa shape index (κ3) is 5.13. The lowest BCUT2D eigenvalue weighted by molar-refractivity contribution is -0.130. The second-order valence-electron chi connectivity index (χ2n) is 7.05.